The van der Waals surface area contributed by atoms with Crippen LogP contribution in [0.3, 0.4) is 0 Å². The van der Waals surface area contributed by atoms with Gasteiger partial charge in [0.1, 0.15) is 11.5 Å². The standard InChI is InChI=1S/C17H25NO3/c1-13(21-16-10-6-9-15(11-16)20-2)17(19)18-12-14-7-4-3-5-8-14/h6,9-11,13-14H,3-5,7-8,12H2,1-2H3,(H,18,19). The molecule has 0 aromatic heterocycles. The van der Waals surface area contributed by atoms with Crippen LogP contribution in [0.25, 0.3) is 0 Å². The summed E-state index contributed by atoms with van der Waals surface area (Å²) in [4.78, 5) is 12.1. The molecule has 116 valence electrons. The Morgan fingerprint density at radius 2 is 2.00 bits per heavy atom. The average molecular weight is 291 g/mol. The minimum absolute atomic E-state index is 0.0524. The van der Waals surface area contributed by atoms with Gasteiger partial charge >= 0.3 is 0 Å². The molecule has 0 aliphatic heterocycles. The Morgan fingerprint density at radius 1 is 1.29 bits per heavy atom. The van der Waals surface area contributed by atoms with Gasteiger partial charge in [-0.05, 0) is 37.8 Å². The first-order valence-electron chi connectivity index (χ1n) is 7.77. The molecule has 1 aliphatic rings. The molecule has 1 unspecified atom stereocenters. The van der Waals surface area contributed by atoms with Crippen molar-refractivity contribution in [3.05, 3.63) is 24.3 Å². The zero-order valence-electron chi connectivity index (χ0n) is 12.9. The second-order valence-electron chi connectivity index (χ2n) is 5.69. The molecular weight excluding hydrogens is 266 g/mol. The van der Waals surface area contributed by atoms with Gasteiger partial charge in [0.25, 0.3) is 5.91 Å². The van der Waals surface area contributed by atoms with E-state index in [1.165, 1.54) is 32.1 Å². The highest BCUT2D eigenvalue weighted by molar-refractivity contribution is 5.80. The van der Waals surface area contributed by atoms with Crippen molar-refractivity contribution >= 4 is 5.91 Å². The molecular formula is C17H25NO3. The Balaban J connectivity index is 1.78. The van der Waals surface area contributed by atoms with Crippen LogP contribution in [0.4, 0.5) is 0 Å². The lowest BCUT2D eigenvalue weighted by Crippen LogP contribution is -2.39. The highest BCUT2D eigenvalue weighted by Gasteiger charge is 2.18. The van der Waals surface area contributed by atoms with E-state index >= 15 is 0 Å². The fourth-order valence-electron chi connectivity index (χ4n) is 2.71. The van der Waals surface area contributed by atoms with Crippen LogP contribution >= 0.6 is 0 Å². The van der Waals surface area contributed by atoms with Crippen molar-refractivity contribution in [3.63, 3.8) is 0 Å². The zero-order chi connectivity index (χ0) is 15.1. The summed E-state index contributed by atoms with van der Waals surface area (Å²) in [5.74, 6) is 1.95. The number of hydrogen-bond donors (Lipinski definition) is 1. The number of methoxy groups -OCH3 is 1. The average Bonchev–Trinajstić information content (AvgIpc) is 2.53. The van der Waals surface area contributed by atoms with Crippen LogP contribution < -0.4 is 14.8 Å². The SMILES string of the molecule is COc1cccc(OC(C)C(=O)NCC2CCCCC2)c1. The van der Waals surface area contributed by atoms with E-state index in [4.69, 9.17) is 9.47 Å². The molecule has 1 aromatic carbocycles. The third-order valence-corrected chi connectivity index (χ3v) is 4.01. The Bertz CT molecular complexity index is 455. The predicted molar refractivity (Wildman–Crippen MR) is 82.7 cm³/mol. The Morgan fingerprint density at radius 3 is 2.71 bits per heavy atom. The number of rotatable bonds is 6. The summed E-state index contributed by atoms with van der Waals surface area (Å²) in [5.41, 5.74) is 0. The smallest absolute Gasteiger partial charge is 0.260 e. The molecule has 4 heteroatoms. The van der Waals surface area contributed by atoms with Gasteiger partial charge < -0.3 is 14.8 Å². The monoisotopic (exact) mass is 291 g/mol. The lowest BCUT2D eigenvalue weighted by molar-refractivity contribution is -0.127. The molecule has 0 radical (unpaired) electrons. The Kier molecular flexibility index (Phi) is 5.90. The number of hydrogen-bond acceptors (Lipinski definition) is 3. The van der Waals surface area contributed by atoms with Crippen LogP contribution in [0.5, 0.6) is 11.5 Å². The van der Waals surface area contributed by atoms with Gasteiger partial charge in [0, 0.05) is 12.6 Å². The van der Waals surface area contributed by atoms with Crippen molar-refractivity contribution in [2.75, 3.05) is 13.7 Å². The quantitative estimate of drug-likeness (QED) is 0.876. The molecule has 1 fully saturated rings. The van der Waals surface area contributed by atoms with Crippen molar-refractivity contribution in [1.82, 2.24) is 5.32 Å². The molecule has 2 rings (SSSR count). The van der Waals surface area contributed by atoms with Crippen LogP contribution in [0.1, 0.15) is 39.0 Å². The highest BCUT2D eigenvalue weighted by Crippen LogP contribution is 2.23. The number of carbonyl (C=O) groups excluding carboxylic acids is 1. The van der Waals surface area contributed by atoms with E-state index in [2.05, 4.69) is 5.32 Å². The fraction of sp³-hybridized carbons (Fsp3) is 0.588. The maximum absolute atomic E-state index is 12.1. The van der Waals surface area contributed by atoms with E-state index in [1.807, 2.05) is 18.2 Å². The molecule has 1 atom stereocenters. The Hall–Kier alpha value is -1.71. The summed E-state index contributed by atoms with van der Waals surface area (Å²) < 4.78 is 10.8. The van der Waals surface area contributed by atoms with Crippen molar-refractivity contribution in [2.24, 2.45) is 5.92 Å². The first kappa shape index (κ1) is 15.7. The minimum Gasteiger partial charge on any atom is -0.497 e. The molecule has 1 amide bonds. The second kappa shape index (κ2) is 7.91. The van der Waals surface area contributed by atoms with Crippen molar-refractivity contribution in [1.29, 1.82) is 0 Å². The minimum atomic E-state index is -0.499. The third-order valence-electron chi connectivity index (χ3n) is 4.01. The zero-order valence-corrected chi connectivity index (χ0v) is 12.9. The van der Waals surface area contributed by atoms with Gasteiger partial charge in [-0.15, -0.1) is 0 Å². The van der Waals surface area contributed by atoms with Gasteiger partial charge in [-0.25, -0.2) is 0 Å². The summed E-state index contributed by atoms with van der Waals surface area (Å²) in [6.07, 6.45) is 5.87. The molecule has 21 heavy (non-hydrogen) atoms. The summed E-state index contributed by atoms with van der Waals surface area (Å²) in [7, 11) is 1.61. The number of ether oxygens (including phenoxy) is 2. The molecule has 4 nitrogen and oxygen atoms in total. The van der Waals surface area contributed by atoms with Crippen LogP contribution in [-0.2, 0) is 4.79 Å². The first-order valence-corrected chi connectivity index (χ1v) is 7.77. The summed E-state index contributed by atoms with van der Waals surface area (Å²) in [6, 6.07) is 7.31. The van der Waals surface area contributed by atoms with Crippen LogP contribution in [0.15, 0.2) is 24.3 Å². The maximum atomic E-state index is 12.1. The van der Waals surface area contributed by atoms with Gasteiger partial charge in [0.15, 0.2) is 6.10 Å². The van der Waals surface area contributed by atoms with Gasteiger partial charge in [0.05, 0.1) is 7.11 Å². The van der Waals surface area contributed by atoms with Gasteiger partial charge in [-0.1, -0.05) is 25.3 Å². The normalized spacial score (nSPS) is 17.0. The molecule has 1 aliphatic carbocycles. The molecule has 0 bridgehead atoms. The largest absolute Gasteiger partial charge is 0.497 e. The molecule has 1 N–H and O–H groups in total. The summed E-state index contributed by atoms with van der Waals surface area (Å²) in [6.45, 7) is 2.54. The maximum Gasteiger partial charge on any atom is 0.260 e. The van der Waals surface area contributed by atoms with Crippen LogP contribution in [-0.4, -0.2) is 25.7 Å². The lowest BCUT2D eigenvalue weighted by atomic mass is 9.89. The molecule has 1 saturated carbocycles. The van der Waals surface area contributed by atoms with Crippen molar-refractivity contribution in [2.45, 2.75) is 45.1 Å². The van der Waals surface area contributed by atoms with Gasteiger partial charge in [0.2, 0.25) is 0 Å². The molecule has 1 aromatic rings. The van der Waals surface area contributed by atoms with E-state index in [0.717, 1.165) is 12.3 Å². The second-order valence-corrected chi connectivity index (χ2v) is 5.69. The topological polar surface area (TPSA) is 47.6 Å². The van der Waals surface area contributed by atoms with Crippen molar-refractivity contribution in [3.8, 4) is 11.5 Å². The number of amides is 1. The van der Waals surface area contributed by atoms with Crippen LogP contribution in [0, 0.1) is 5.92 Å². The number of nitrogens with one attached hydrogen (secondary N) is 1. The first-order chi connectivity index (χ1) is 10.2. The highest BCUT2D eigenvalue weighted by atomic mass is 16.5. The van der Waals surface area contributed by atoms with Crippen LogP contribution in [0.2, 0.25) is 0 Å². The number of carbonyl (C=O) groups is 1. The van der Waals surface area contributed by atoms with E-state index in [0.29, 0.717) is 11.7 Å². The third kappa shape index (κ3) is 4.96. The van der Waals surface area contributed by atoms with E-state index in [-0.39, 0.29) is 5.91 Å². The van der Waals surface area contributed by atoms with Gasteiger partial charge in [-0.2, -0.15) is 0 Å². The summed E-state index contributed by atoms with van der Waals surface area (Å²) in [5, 5.41) is 3.01. The van der Waals surface area contributed by atoms with Crippen molar-refractivity contribution < 1.29 is 14.3 Å². The van der Waals surface area contributed by atoms with E-state index in [9.17, 15) is 4.79 Å². The van der Waals surface area contributed by atoms with Gasteiger partial charge in [-0.3, -0.25) is 4.79 Å². The fourth-order valence-corrected chi connectivity index (χ4v) is 2.71. The lowest BCUT2D eigenvalue weighted by Gasteiger charge is -2.23. The van der Waals surface area contributed by atoms with E-state index < -0.39 is 6.10 Å². The number of benzene rings is 1. The predicted octanol–water partition coefficient (Wildman–Crippen LogP) is 3.16. The van der Waals surface area contributed by atoms with E-state index in [1.54, 1.807) is 20.1 Å². The summed E-state index contributed by atoms with van der Waals surface area (Å²) >= 11 is 0. The molecule has 0 spiro atoms. The Labute approximate surface area is 126 Å². The molecule has 0 heterocycles. The molecule has 0 saturated heterocycles.